The first kappa shape index (κ1) is 14.7. The van der Waals surface area contributed by atoms with Crippen molar-refractivity contribution < 1.29 is 14.6 Å². The molecule has 1 aliphatic carbocycles. The second-order valence-electron chi connectivity index (χ2n) is 5.45. The summed E-state index contributed by atoms with van der Waals surface area (Å²) in [6, 6.07) is 6.98. The number of carbonyl (C=O) groups excluding carboxylic acids is 1. The highest BCUT2D eigenvalue weighted by Crippen LogP contribution is 2.30. The van der Waals surface area contributed by atoms with Crippen LogP contribution in [0, 0.1) is 0 Å². The Morgan fingerprint density at radius 3 is 2.80 bits per heavy atom. The molecule has 0 bridgehead atoms. The number of ether oxygens (including phenoxy) is 1. The normalized spacial score (nSPS) is 16.8. The molecule has 2 amide bonds. The number of rotatable bonds is 4. The van der Waals surface area contributed by atoms with Crippen LogP contribution in [0.4, 0.5) is 10.5 Å². The standard InChI is InChI=1S/C15H22N2O3/c1-17(11-15(19)8-3-4-9-15)14(18)16-12-6-5-7-13(10-12)20-2/h5-7,10,19H,3-4,8-9,11H2,1-2H3,(H,16,18). The summed E-state index contributed by atoms with van der Waals surface area (Å²) in [6.45, 7) is 0.364. The third-order valence-corrected chi connectivity index (χ3v) is 3.73. The number of anilines is 1. The van der Waals surface area contributed by atoms with Gasteiger partial charge < -0.3 is 20.1 Å². The van der Waals surface area contributed by atoms with Crippen LogP contribution in [-0.4, -0.2) is 42.3 Å². The van der Waals surface area contributed by atoms with E-state index in [0.29, 0.717) is 18.0 Å². The Hall–Kier alpha value is -1.75. The maximum atomic E-state index is 12.1. The van der Waals surface area contributed by atoms with Gasteiger partial charge in [0.15, 0.2) is 0 Å². The summed E-state index contributed by atoms with van der Waals surface area (Å²) in [6.07, 6.45) is 3.59. The first-order valence-electron chi connectivity index (χ1n) is 6.91. The van der Waals surface area contributed by atoms with Gasteiger partial charge in [0, 0.05) is 18.8 Å². The Kier molecular flexibility index (Phi) is 4.49. The smallest absolute Gasteiger partial charge is 0.321 e. The molecule has 1 aromatic rings. The number of likely N-dealkylation sites (N-methyl/N-ethyl adjacent to an activating group) is 1. The molecule has 2 rings (SSSR count). The van der Waals surface area contributed by atoms with Crippen LogP contribution in [0.5, 0.6) is 5.75 Å². The van der Waals surface area contributed by atoms with E-state index < -0.39 is 5.60 Å². The number of aliphatic hydroxyl groups is 1. The summed E-state index contributed by atoms with van der Waals surface area (Å²) in [5.41, 5.74) is -0.0416. The fraction of sp³-hybridized carbons (Fsp3) is 0.533. The van der Waals surface area contributed by atoms with Gasteiger partial charge in [0.25, 0.3) is 0 Å². The lowest BCUT2D eigenvalue weighted by molar-refractivity contribution is 0.0261. The van der Waals surface area contributed by atoms with Crippen molar-refractivity contribution in [3.8, 4) is 5.75 Å². The molecule has 0 radical (unpaired) electrons. The Bertz CT molecular complexity index is 470. The third kappa shape index (κ3) is 3.63. The average molecular weight is 278 g/mol. The molecule has 1 saturated carbocycles. The van der Waals surface area contributed by atoms with Gasteiger partial charge in [-0.15, -0.1) is 0 Å². The highest BCUT2D eigenvalue weighted by Gasteiger charge is 2.33. The number of urea groups is 1. The van der Waals surface area contributed by atoms with E-state index in [1.807, 2.05) is 12.1 Å². The summed E-state index contributed by atoms with van der Waals surface area (Å²) in [4.78, 5) is 13.6. The number of methoxy groups -OCH3 is 1. The minimum absolute atomic E-state index is 0.224. The van der Waals surface area contributed by atoms with Gasteiger partial charge in [-0.05, 0) is 25.0 Å². The second kappa shape index (κ2) is 6.13. The van der Waals surface area contributed by atoms with Crippen LogP contribution in [0.2, 0.25) is 0 Å². The van der Waals surface area contributed by atoms with E-state index in [1.54, 1.807) is 26.3 Å². The molecule has 110 valence electrons. The highest BCUT2D eigenvalue weighted by atomic mass is 16.5. The van der Waals surface area contributed by atoms with Crippen LogP contribution in [-0.2, 0) is 0 Å². The lowest BCUT2D eigenvalue weighted by Gasteiger charge is -2.28. The molecular weight excluding hydrogens is 256 g/mol. The molecular formula is C15H22N2O3. The van der Waals surface area contributed by atoms with Crippen LogP contribution in [0.1, 0.15) is 25.7 Å². The third-order valence-electron chi connectivity index (χ3n) is 3.73. The van der Waals surface area contributed by atoms with Crippen LogP contribution < -0.4 is 10.1 Å². The van der Waals surface area contributed by atoms with E-state index in [-0.39, 0.29) is 6.03 Å². The topological polar surface area (TPSA) is 61.8 Å². The molecule has 1 aliphatic rings. The number of hydrogen-bond acceptors (Lipinski definition) is 3. The molecule has 0 unspecified atom stereocenters. The lowest BCUT2D eigenvalue weighted by atomic mass is 10.0. The summed E-state index contributed by atoms with van der Waals surface area (Å²) in [7, 11) is 3.29. The van der Waals surface area contributed by atoms with Gasteiger partial charge >= 0.3 is 6.03 Å². The van der Waals surface area contributed by atoms with E-state index in [2.05, 4.69) is 5.32 Å². The van der Waals surface area contributed by atoms with Crippen LogP contribution in [0.3, 0.4) is 0 Å². The SMILES string of the molecule is COc1cccc(NC(=O)N(C)CC2(O)CCCC2)c1. The molecule has 0 aliphatic heterocycles. The molecule has 0 spiro atoms. The molecule has 5 heteroatoms. The van der Waals surface area contributed by atoms with Gasteiger partial charge in [-0.3, -0.25) is 0 Å². The fourth-order valence-corrected chi connectivity index (χ4v) is 2.62. The molecule has 1 aromatic carbocycles. The number of carbonyl (C=O) groups is 1. The summed E-state index contributed by atoms with van der Waals surface area (Å²) >= 11 is 0. The zero-order chi connectivity index (χ0) is 14.6. The van der Waals surface area contributed by atoms with Crippen molar-refractivity contribution in [3.63, 3.8) is 0 Å². The number of nitrogens with zero attached hydrogens (tertiary/aromatic N) is 1. The molecule has 0 saturated heterocycles. The number of hydrogen-bond donors (Lipinski definition) is 2. The molecule has 20 heavy (non-hydrogen) atoms. The Labute approximate surface area is 119 Å². The number of benzene rings is 1. The quantitative estimate of drug-likeness (QED) is 0.889. The van der Waals surface area contributed by atoms with Crippen molar-refractivity contribution in [3.05, 3.63) is 24.3 Å². The zero-order valence-electron chi connectivity index (χ0n) is 12.1. The second-order valence-corrected chi connectivity index (χ2v) is 5.45. The van der Waals surface area contributed by atoms with Gasteiger partial charge in [-0.1, -0.05) is 18.9 Å². The molecule has 0 atom stereocenters. The van der Waals surface area contributed by atoms with Gasteiger partial charge in [0.1, 0.15) is 5.75 Å². The van der Waals surface area contributed by atoms with Crippen LogP contribution in [0.25, 0.3) is 0 Å². The minimum Gasteiger partial charge on any atom is -0.497 e. The predicted molar refractivity (Wildman–Crippen MR) is 78.1 cm³/mol. The van der Waals surface area contributed by atoms with Gasteiger partial charge in [0.05, 0.1) is 19.3 Å². The van der Waals surface area contributed by atoms with Crippen molar-refractivity contribution in [2.75, 3.05) is 26.0 Å². The maximum absolute atomic E-state index is 12.1. The van der Waals surface area contributed by atoms with E-state index in [9.17, 15) is 9.90 Å². The van der Waals surface area contributed by atoms with Gasteiger partial charge in [-0.25, -0.2) is 4.79 Å². The summed E-state index contributed by atoms with van der Waals surface area (Å²) in [5.74, 6) is 0.694. The molecule has 0 heterocycles. The number of amides is 2. The maximum Gasteiger partial charge on any atom is 0.321 e. The lowest BCUT2D eigenvalue weighted by Crippen LogP contribution is -2.43. The van der Waals surface area contributed by atoms with Crippen molar-refractivity contribution in [1.29, 1.82) is 0 Å². The van der Waals surface area contributed by atoms with Crippen molar-refractivity contribution in [2.24, 2.45) is 0 Å². The Balaban J connectivity index is 1.93. The van der Waals surface area contributed by atoms with Crippen molar-refractivity contribution >= 4 is 11.7 Å². The first-order chi connectivity index (χ1) is 9.52. The van der Waals surface area contributed by atoms with Gasteiger partial charge in [-0.2, -0.15) is 0 Å². The van der Waals surface area contributed by atoms with Crippen LogP contribution >= 0.6 is 0 Å². The summed E-state index contributed by atoms with van der Waals surface area (Å²) < 4.78 is 5.12. The van der Waals surface area contributed by atoms with Gasteiger partial charge in [0.2, 0.25) is 0 Å². The van der Waals surface area contributed by atoms with E-state index >= 15 is 0 Å². The largest absolute Gasteiger partial charge is 0.497 e. The highest BCUT2D eigenvalue weighted by molar-refractivity contribution is 5.89. The average Bonchev–Trinajstić information content (AvgIpc) is 2.85. The van der Waals surface area contributed by atoms with Crippen LogP contribution in [0.15, 0.2) is 24.3 Å². The molecule has 2 N–H and O–H groups in total. The van der Waals surface area contributed by atoms with E-state index in [1.165, 1.54) is 4.90 Å². The van der Waals surface area contributed by atoms with E-state index in [0.717, 1.165) is 25.7 Å². The monoisotopic (exact) mass is 278 g/mol. The Morgan fingerprint density at radius 2 is 2.15 bits per heavy atom. The zero-order valence-corrected chi connectivity index (χ0v) is 12.1. The predicted octanol–water partition coefficient (Wildman–Crippen LogP) is 2.46. The molecule has 5 nitrogen and oxygen atoms in total. The Morgan fingerprint density at radius 1 is 1.45 bits per heavy atom. The summed E-state index contributed by atoms with van der Waals surface area (Å²) in [5, 5.41) is 13.1. The van der Waals surface area contributed by atoms with E-state index in [4.69, 9.17) is 4.74 Å². The number of nitrogens with one attached hydrogen (secondary N) is 1. The molecule has 1 fully saturated rings. The minimum atomic E-state index is -0.722. The molecule has 0 aromatic heterocycles. The fourth-order valence-electron chi connectivity index (χ4n) is 2.62. The van der Waals surface area contributed by atoms with Crippen molar-refractivity contribution in [1.82, 2.24) is 4.90 Å². The van der Waals surface area contributed by atoms with Crippen molar-refractivity contribution in [2.45, 2.75) is 31.3 Å². The first-order valence-corrected chi connectivity index (χ1v) is 6.91.